The number of halogens is 1. The maximum Gasteiger partial charge on any atom is 0.124 e. The number of hydrogen-bond donors (Lipinski definition) is 2. The molecule has 1 atom stereocenters. The first-order valence-electron chi connectivity index (χ1n) is 5.71. The number of rotatable bonds is 5. The van der Waals surface area contributed by atoms with Gasteiger partial charge in [0, 0.05) is 6.04 Å². The van der Waals surface area contributed by atoms with E-state index in [1.165, 1.54) is 5.56 Å². The maximum absolute atomic E-state index is 6.11. The molecule has 3 nitrogen and oxygen atoms in total. The average molecular weight is 259 g/mol. The van der Waals surface area contributed by atoms with E-state index in [2.05, 4.69) is 12.1 Å². The van der Waals surface area contributed by atoms with Crippen molar-refractivity contribution in [3.8, 4) is 5.75 Å². The van der Waals surface area contributed by atoms with Crippen molar-refractivity contribution in [1.29, 1.82) is 0 Å². The molecule has 0 saturated carbocycles. The Morgan fingerprint density at radius 2 is 1.76 bits per heavy atom. The zero-order chi connectivity index (χ0) is 12.1. The van der Waals surface area contributed by atoms with Crippen LogP contribution in [0.3, 0.4) is 0 Å². The van der Waals surface area contributed by atoms with Crippen molar-refractivity contribution < 1.29 is 4.74 Å². The van der Waals surface area contributed by atoms with Gasteiger partial charge in [-0.05, 0) is 49.9 Å². The van der Waals surface area contributed by atoms with Gasteiger partial charge in [0.2, 0.25) is 0 Å². The third kappa shape index (κ3) is 4.19. The van der Waals surface area contributed by atoms with Crippen LogP contribution in [-0.2, 0) is 0 Å². The Labute approximate surface area is 110 Å². The summed E-state index contributed by atoms with van der Waals surface area (Å²) in [5.74, 6) is 0.953. The van der Waals surface area contributed by atoms with Crippen LogP contribution in [0.4, 0.5) is 0 Å². The quantitative estimate of drug-likeness (QED) is 0.853. The third-order valence-electron chi connectivity index (χ3n) is 2.83. The fourth-order valence-corrected chi connectivity index (χ4v) is 2.02. The Kier molecular flexibility index (Phi) is 7.19. The molecule has 0 aliphatic rings. The van der Waals surface area contributed by atoms with Crippen molar-refractivity contribution in [2.45, 2.75) is 32.7 Å². The van der Waals surface area contributed by atoms with Crippen LogP contribution in [0, 0.1) is 13.8 Å². The number of benzene rings is 1. The number of hydrogen-bond acceptors (Lipinski definition) is 3. The van der Waals surface area contributed by atoms with Crippen molar-refractivity contribution >= 4 is 12.4 Å². The van der Waals surface area contributed by atoms with Gasteiger partial charge in [0.25, 0.3) is 0 Å². The number of ether oxygens (including phenoxy) is 1. The summed E-state index contributed by atoms with van der Waals surface area (Å²) in [6, 6.07) is 4.28. The lowest BCUT2D eigenvalue weighted by atomic mass is 9.98. The Balaban J connectivity index is 0.00000256. The molecule has 0 saturated heterocycles. The van der Waals surface area contributed by atoms with E-state index < -0.39 is 0 Å². The molecule has 4 N–H and O–H groups in total. The van der Waals surface area contributed by atoms with Gasteiger partial charge >= 0.3 is 0 Å². The van der Waals surface area contributed by atoms with Gasteiger partial charge in [0.1, 0.15) is 5.75 Å². The molecule has 98 valence electrons. The topological polar surface area (TPSA) is 61.3 Å². The molecule has 0 heterocycles. The molecule has 0 fully saturated rings. The predicted octanol–water partition coefficient (Wildman–Crippen LogP) is 2.47. The molecule has 0 unspecified atom stereocenters. The Morgan fingerprint density at radius 3 is 2.18 bits per heavy atom. The zero-order valence-electron chi connectivity index (χ0n) is 10.8. The van der Waals surface area contributed by atoms with Crippen LogP contribution >= 0.6 is 12.4 Å². The molecule has 1 aromatic rings. The van der Waals surface area contributed by atoms with Crippen LogP contribution in [0.15, 0.2) is 12.1 Å². The molecule has 1 rings (SSSR count). The molecule has 1 aromatic carbocycles. The summed E-state index contributed by atoms with van der Waals surface area (Å²) >= 11 is 0. The monoisotopic (exact) mass is 258 g/mol. The van der Waals surface area contributed by atoms with Gasteiger partial charge < -0.3 is 16.2 Å². The molecule has 0 radical (unpaired) electrons. The van der Waals surface area contributed by atoms with Crippen LogP contribution in [-0.4, -0.2) is 13.7 Å². The fraction of sp³-hybridized carbons (Fsp3) is 0.538. The fourth-order valence-electron chi connectivity index (χ4n) is 2.02. The molecule has 0 amide bonds. The summed E-state index contributed by atoms with van der Waals surface area (Å²) in [5, 5.41) is 0. The van der Waals surface area contributed by atoms with Gasteiger partial charge in [-0.2, -0.15) is 0 Å². The van der Waals surface area contributed by atoms with Gasteiger partial charge in [-0.15, -0.1) is 12.4 Å². The molecule has 0 aliphatic carbocycles. The first-order chi connectivity index (χ1) is 7.60. The molecular weight excluding hydrogens is 236 g/mol. The lowest BCUT2D eigenvalue weighted by Gasteiger charge is -2.16. The van der Waals surface area contributed by atoms with Crippen molar-refractivity contribution in [2.24, 2.45) is 11.5 Å². The molecule has 0 aliphatic heterocycles. The van der Waals surface area contributed by atoms with E-state index in [0.29, 0.717) is 6.54 Å². The Morgan fingerprint density at radius 1 is 1.24 bits per heavy atom. The normalized spacial score (nSPS) is 11.8. The van der Waals surface area contributed by atoms with Crippen molar-refractivity contribution in [1.82, 2.24) is 0 Å². The van der Waals surface area contributed by atoms with E-state index in [-0.39, 0.29) is 18.4 Å². The molecular formula is C13H23ClN2O. The van der Waals surface area contributed by atoms with Crippen LogP contribution in [0.1, 0.15) is 35.6 Å². The summed E-state index contributed by atoms with van der Waals surface area (Å²) in [6.45, 7) is 4.79. The second-order valence-electron chi connectivity index (χ2n) is 4.23. The first kappa shape index (κ1) is 16.2. The summed E-state index contributed by atoms with van der Waals surface area (Å²) in [4.78, 5) is 0. The average Bonchev–Trinajstić information content (AvgIpc) is 2.25. The van der Waals surface area contributed by atoms with Gasteiger partial charge in [-0.25, -0.2) is 0 Å². The highest BCUT2D eigenvalue weighted by molar-refractivity contribution is 5.85. The molecule has 0 aromatic heterocycles. The van der Waals surface area contributed by atoms with E-state index in [1.807, 2.05) is 13.8 Å². The summed E-state index contributed by atoms with van der Waals surface area (Å²) in [7, 11) is 1.70. The van der Waals surface area contributed by atoms with Crippen LogP contribution in [0.5, 0.6) is 5.75 Å². The molecule has 0 bridgehead atoms. The predicted molar refractivity (Wildman–Crippen MR) is 74.9 cm³/mol. The first-order valence-corrected chi connectivity index (χ1v) is 5.71. The van der Waals surface area contributed by atoms with Crippen LogP contribution in [0.25, 0.3) is 0 Å². The lowest BCUT2D eigenvalue weighted by Crippen LogP contribution is -2.13. The van der Waals surface area contributed by atoms with Crippen molar-refractivity contribution in [2.75, 3.05) is 13.7 Å². The molecule has 4 heteroatoms. The van der Waals surface area contributed by atoms with E-state index >= 15 is 0 Å². The maximum atomic E-state index is 6.11. The Hall–Kier alpha value is -0.770. The van der Waals surface area contributed by atoms with Gasteiger partial charge in [0.15, 0.2) is 0 Å². The van der Waals surface area contributed by atoms with E-state index in [9.17, 15) is 0 Å². The largest absolute Gasteiger partial charge is 0.496 e. The summed E-state index contributed by atoms with van der Waals surface area (Å²) in [5.41, 5.74) is 15.0. The SMILES string of the molecule is COc1c(C)cc([C@H](N)CCCN)cc1C.Cl. The van der Waals surface area contributed by atoms with Crippen molar-refractivity contribution in [3.05, 3.63) is 28.8 Å². The Bertz CT molecular complexity index is 332. The second-order valence-corrected chi connectivity index (χ2v) is 4.23. The minimum atomic E-state index is 0. The van der Waals surface area contributed by atoms with Crippen LogP contribution < -0.4 is 16.2 Å². The van der Waals surface area contributed by atoms with Crippen LogP contribution in [0.2, 0.25) is 0 Å². The lowest BCUT2D eigenvalue weighted by molar-refractivity contribution is 0.408. The zero-order valence-corrected chi connectivity index (χ0v) is 11.6. The second kappa shape index (κ2) is 7.54. The smallest absolute Gasteiger partial charge is 0.124 e. The van der Waals surface area contributed by atoms with E-state index in [1.54, 1.807) is 7.11 Å². The van der Waals surface area contributed by atoms with E-state index in [0.717, 1.165) is 29.7 Å². The number of nitrogens with two attached hydrogens (primary N) is 2. The molecule has 0 spiro atoms. The van der Waals surface area contributed by atoms with Crippen molar-refractivity contribution in [3.63, 3.8) is 0 Å². The summed E-state index contributed by atoms with van der Waals surface area (Å²) < 4.78 is 5.33. The van der Waals surface area contributed by atoms with Gasteiger partial charge in [0.05, 0.1) is 7.11 Å². The minimum absolute atomic E-state index is 0. The highest BCUT2D eigenvalue weighted by Crippen LogP contribution is 2.27. The minimum Gasteiger partial charge on any atom is -0.496 e. The highest BCUT2D eigenvalue weighted by Gasteiger charge is 2.10. The number of aryl methyl sites for hydroxylation is 2. The highest BCUT2D eigenvalue weighted by atomic mass is 35.5. The number of methoxy groups -OCH3 is 1. The van der Waals surface area contributed by atoms with Gasteiger partial charge in [-0.3, -0.25) is 0 Å². The van der Waals surface area contributed by atoms with E-state index in [4.69, 9.17) is 16.2 Å². The standard InChI is InChI=1S/C13H22N2O.ClH/c1-9-7-11(12(15)5-4-6-14)8-10(2)13(9)16-3;/h7-8,12H,4-6,14-15H2,1-3H3;1H/t12-;/m1./s1. The van der Waals surface area contributed by atoms with Gasteiger partial charge in [-0.1, -0.05) is 12.1 Å². The summed E-state index contributed by atoms with van der Waals surface area (Å²) in [6.07, 6.45) is 1.90. The molecule has 17 heavy (non-hydrogen) atoms. The third-order valence-corrected chi connectivity index (χ3v) is 2.83.